The number of aromatic nitrogens is 2. The van der Waals surface area contributed by atoms with Crippen LogP contribution in [0.25, 0.3) is 11.1 Å². The van der Waals surface area contributed by atoms with E-state index in [2.05, 4.69) is 15.3 Å². The molecule has 7 nitrogen and oxygen atoms in total. The van der Waals surface area contributed by atoms with Crippen molar-refractivity contribution >= 4 is 34.3 Å². The van der Waals surface area contributed by atoms with Gasteiger partial charge >= 0.3 is 5.97 Å². The lowest BCUT2D eigenvalue weighted by molar-refractivity contribution is -0.121. The Labute approximate surface area is 141 Å². The zero-order valence-electron chi connectivity index (χ0n) is 12.7. The first kappa shape index (κ1) is 16.1. The Hall–Kier alpha value is -2.74. The van der Waals surface area contributed by atoms with Crippen LogP contribution in [0, 0.1) is 0 Å². The number of oxazole rings is 1. The lowest BCUT2D eigenvalue weighted by atomic mass is 10.3. The van der Waals surface area contributed by atoms with E-state index in [9.17, 15) is 9.59 Å². The molecule has 124 valence electrons. The second-order valence-electron chi connectivity index (χ2n) is 5.11. The number of thiazole rings is 1. The predicted octanol–water partition coefficient (Wildman–Crippen LogP) is 2.27. The van der Waals surface area contributed by atoms with Crippen molar-refractivity contribution in [2.75, 3.05) is 6.54 Å². The number of carbonyl (C=O) groups is 2. The van der Waals surface area contributed by atoms with Gasteiger partial charge in [-0.05, 0) is 12.1 Å². The molecule has 2 N–H and O–H groups in total. The molecule has 0 saturated heterocycles. The number of hydrogen-bond acceptors (Lipinski definition) is 6. The first-order valence-electron chi connectivity index (χ1n) is 7.40. The summed E-state index contributed by atoms with van der Waals surface area (Å²) in [5.74, 6) is -0.607. The van der Waals surface area contributed by atoms with Gasteiger partial charge in [-0.15, -0.1) is 11.3 Å². The minimum absolute atomic E-state index is 0.0392. The first-order valence-corrected chi connectivity index (χ1v) is 8.28. The number of rotatable bonds is 7. The van der Waals surface area contributed by atoms with E-state index in [1.165, 1.54) is 16.7 Å². The van der Waals surface area contributed by atoms with Crippen LogP contribution in [-0.2, 0) is 17.6 Å². The summed E-state index contributed by atoms with van der Waals surface area (Å²) in [6.07, 6.45) is 1.22. The van der Waals surface area contributed by atoms with Crippen molar-refractivity contribution in [2.24, 2.45) is 0 Å². The number of para-hydroxylation sites is 2. The van der Waals surface area contributed by atoms with Crippen molar-refractivity contribution < 1.29 is 19.1 Å². The fraction of sp³-hybridized carbons (Fsp3) is 0.250. The summed E-state index contributed by atoms with van der Waals surface area (Å²) >= 11 is 1.27. The summed E-state index contributed by atoms with van der Waals surface area (Å²) < 4.78 is 5.56. The van der Waals surface area contributed by atoms with E-state index in [-0.39, 0.29) is 18.0 Å². The van der Waals surface area contributed by atoms with E-state index >= 15 is 0 Å². The fourth-order valence-corrected chi connectivity index (χ4v) is 2.94. The zero-order valence-corrected chi connectivity index (χ0v) is 13.5. The molecule has 8 heteroatoms. The highest BCUT2D eigenvalue weighted by atomic mass is 32.1. The lowest BCUT2D eigenvalue weighted by Crippen LogP contribution is -2.25. The minimum atomic E-state index is -1.04. The Balaban J connectivity index is 1.43. The molecule has 24 heavy (non-hydrogen) atoms. The van der Waals surface area contributed by atoms with Crippen molar-refractivity contribution in [1.29, 1.82) is 0 Å². The Bertz CT molecular complexity index is 838. The normalized spacial score (nSPS) is 10.8. The van der Waals surface area contributed by atoms with E-state index in [1.807, 2.05) is 24.3 Å². The van der Waals surface area contributed by atoms with Crippen LogP contribution in [0.1, 0.15) is 27.8 Å². The van der Waals surface area contributed by atoms with Gasteiger partial charge in [0.05, 0.1) is 5.01 Å². The molecule has 2 aromatic heterocycles. The van der Waals surface area contributed by atoms with Gasteiger partial charge in [0.1, 0.15) is 5.52 Å². The molecule has 0 aliphatic rings. The molecule has 2 heterocycles. The summed E-state index contributed by atoms with van der Waals surface area (Å²) in [6.45, 7) is 0.416. The number of amides is 1. The molecule has 1 aromatic carbocycles. The molecular weight excluding hydrogens is 330 g/mol. The van der Waals surface area contributed by atoms with Gasteiger partial charge in [0.25, 0.3) is 0 Å². The molecule has 0 unspecified atom stereocenters. The van der Waals surface area contributed by atoms with Crippen LogP contribution >= 0.6 is 11.3 Å². The molecule has 1 amide bonds. The third-order valence-corrected chi connectivity index (χ3v) is 4.24. The number of nitrogens with one attached hydrogen (secondary N) is 1. The SMILES string of the molecule is O=C(CCc1nc2ccccc2o1)NCCc1nc(C(=O)O)cs1. The van der Waals surface area contributed by atoms with Crippen LogP contribution in [0.5, 0.6) is 0 Å². The van der Waals surface area contributed by atoms with Gasteiger partial charge < -0.3 is 14.8 Å². The van der Waals surface area contributed by atoms with Gasteiger partial charge in [-0.3, -0.25) is 4.79 Å². The second kappa shape index (κ2) is 7.22. The van der Waals surface area contributed by atoms with Gasteiger partial charge in [-0.25, -0.2) is 14.8 Å². The maximum absolute atomic E-state index is 11.8. The average molecular weight is 345 g/mol. The number of benzene rings is 1. The van der Waals surface area contributed by atoms with Crippen molar-refractivity contribution in [2.45, 2.75) is 19.3 Å². The molecule has 3 aromatic rings. The third-order valence-electron chi connectivity index (χ3n) is 3.34. The Morgan fingerprint density at radius 2 is 2.04 bits per heavy atom. The topological polar surface area (TPSA) is 105 Å². The number of aryl methyl sites for hydroxylation is 1. The van der Waals surface area contributed by atoms with Crippen LogP contribution in [0.4, 0.5) is 0 Å². The van der Waals surface area contributed by atoms with Crippen LogP contribution < -0.4 is 5.32 Å². The highest BCUT2D eigenvalue weighted by Crippen LogP contribution is 2.15. The largest absolute Gasteiger partial charge is 0.476 e. The predicted molar refractivity (Wildman–Crippen MR) is 88.1 cm³/mol. The molecule has 0 aliphatic carbocycles. The van der Waals surface area contributed by atoms with Gasteiger partial charge in [0.2, 0.25) is 5.91 Å². The summed E-state index contributed by atoms with van der Waals surface area (Å²) in [5.41, 5.74) is 1.54. The van der Waals surface area contributed by atoms with Crippen molar-refractivity contribution in [1.82, 2.24) is 15.3 Å². The number of carboxylic acids is 1. The van der Waals surface area contributed by atoms with Gasteiger partial charge in [0.15, 0.2) is 17.2 Å². The molecule has 0 atom stereocenters. The highest BCUT2D eigenvalue weighted by molar-refractivity contribution is 7.09. The molecule has 3 rings (SSSR count). The van der Waals surface area contributed by atoms with Crippen molar-refractivity contribution in [3.05, 3.63) is 46.2 Å². The number of aromatic carboxylic acids is 1. The first-order chi connectivity index (χ1) is 11.6. The number of fused-ring (bicyclic) bond motifs is 1. The van der Waals surface area contributed by atoms with E-state index in [0.717, 1.165) is 5.52 Å². The monoisotopic (exact) mass is 345 g/mol. The second-order valence-corrected chi connectivity index (χ2v) is 6.05. The van der Waals surface area contributed by atoms with E-state index in [1.54, 1.807) is 0 Å². The number of carboxylic acid groups (broad SMARTS) is 1. The van der Waals surface area contributed by atoms with Crippen LogP contribution in [0.2, 0.25) is 0 Å². The van der Waals surface area contributed by atoms with E-state index in [0.29, 0.717) is 35.9 Å². The molecule has 0 spiro atoms. The average Bonchev–Trinajstić information content (AvgIpc) is 3.19. The van der Waals surface area contributed by atoms with E-state index < -0.39 is 5.97 Å². The molecule has 0 bridgehead atoms. The maximum Gasteiger partial charge on any atom is 0.355 e. The van der Waals surface area contributed by atoms with Crippen LogP contribution in [-0.4, -0.2) is 33.5 Å². The minimum Gasteiger partial charge on any atom is -0.476 e. The highest BCUT2D eigenvalue weighted by Gasteiger charge is 2.10. The Morgan fingerprint density at radius 1 is 1.21 bits per heavy atom. The third kappa shape index (κ3) is 3.96. The number of hydrogen-bond donors (Lipinski definition) is 2. The summed E-state index contributed by atoms with van der Waals surface area (Å²) in [6, 6.07) is 7.46. The molecule has 0 saturated carbocycles. The van der Waals surface area contributed by atoms with Gasteiger partial charge in [-0.2, -0.15) is 0 Å². The lowest BCUT2D eigenvalue weighted by Gasteiger charge is -2.02. The molecule has 0 radical (unpaired) electrons. The quantitative estimate of drug-likeness (QED) is 0.680. The molecule has 0 fully saturated rings. The molecular formula is C16H15N3O4S. The summed E-state index contributed by atoms with van der Waals surface area (Å²) in [5, 5.41) is 13.8. The number of nitrogens with zero attached hydrogens (tertiary/aromatic N) is 2. The Morgan fingerprint density at radius 3 is 2.79 bits per heavy atom. The molecule has 0 aliphatic heterocycles. The summed E-state index contributed by atoms with van der Waals surface area (Å²) in [4.78, 5) is 30.9. The van der Waals surface area contributed by atoms with Crippen molar-refractivity contribution in [3.63, 3.8) is 0 Å². The van der Waals surface area contributed by atoms with Crippen LogP contribution in [0.3, 0.4) is 0 Å². The maximum atomic E-state index is 11.8. The summed E-state index contributed by atoms with van der Waals surface area (Å²) in [7, 11) is 0. The Kier molecular flexibility index (Phi) is 4.85. The van der Waals surface area contributed by atoms with Crippen LogP contribution in [0.15, 0.2) is 34.1 Å². The smallest absolute Gasteiger partial charge is 0.355 e. The van der Waals surface area contributed by atoms with E-state index in [4.69, 9.17) is 9.52 Å². The van der Waals surface area contributed by atoms with Crippen molar-refractivity contribution in [3.8, 4) is 0 Å². The zero-order chi connectivity index (χ0) is 16.9. The number of carbonyl (C=O) groups excluding carboxylic acids is 1. The standard InChI is InChI=1S/C16H15N3O4S/c20-13(17-8-7-15-19-11(9-24-15)16(21)22)5-6-14-18-10-3-1-2-4-12(10)23-14/h1-4,9H,5-8H2,(H,17,20)(H,21,22). The van der Waals surface area contributed by atoms with Gasteiger partial charge in [0, 0.05) is 31.2 Å². The fourth-order valence-electron chi connectivity index (χ4n) is 2.17. The van der Waals surface area contributed by atoms with Gasteiger partial charge in [-0.1, -0.05) is 12.1 Å².